The number of carbonyl (C=O) groups is 1. The molecular weight excluding hydrogens is 256 g/mol. The van der Waals surface area contributed by atoms with Gasteiger partial charge in [0.25, 0.3) is 0 Å². The van der Waals surface area contributed by atoms with Crippen LogP contribution in [0.4, 0.5) is 5.13 Å². The highest BCUT2D eigenvalue weighted by atomic mass is 32.2. The van der Waals surface area contributed by atoms with E-state index in [1.54, 1.807) is 23.1 Å². The molecule has 0 aliphatic heterocycles. The first-order valence-electron chi connectivity index (χ1n) is 5.59. The molecule has 1 N–H and O–H groups in total. The molecule has 4 nitrogen and oxygen atoms in total. The first-order valence-corrected chi connectivity index (χ1v) is 7.56. The zero-order valence-corrected chi connectivity index (χ0v) is 11.8. The molecule has 1 rings (SSSR count). The summed E-state index contributed by atoms with van der Waals surface area (Å²) in [6.45, 7) is 3.09. The second-order valence-electron chi connectivity index (χ2n) is 3.44. The van der Waals surface area contributed by atoms with Crippen LogP contribution in [0, 0.1) is 0 Å². The van der Waals surface area contributed by atoms with Crippen LogP contribution in [0.5, 0.6) is 0 Å². The van der Waals surface area contributed by atoms with Crippen LogP contribution in [0.1, 0.15) is 24.6 Å². The molecule has 0 amide bonds. The minimum Gasteiger partial charge on any atom is -0.469 e. The molecule has 0 bridgehead atoms. The smallest absolute Gasteiger partial charge is 0.306 e. The molecule has 6 heteroatoms. The monoisotopic (exact) mass is 274 g/mol. The second-order valence-corrected chi connectivity index (χ2v) is 5.66. The van der Waals surface area contributed by atoms with Crippen molar-refractivity contribution in [3.8, 4) is 0 Å². The first kappa shape index (κ1) is 14.3. The van der Waals surface area contributed by atoms with Gasteiger partial charge in [-0.25, -0.2) is 4.98 Å². The van der Waals surface area contributed by atoms with Crippen LogP contribution in [0.2, 0.25) is 0 Å². The molecule has 1 heterocycles. The number of hydrogen-bond acceptors (Lipinski definition) is 6. The van der Waals surface area contributed by atoms with Crippen molar-refractivity contribution in [1.29, 1.82) is 0 Å². The first-order chi connectivity index (χ1) is 8.26. The van der Waals surface area contributed by atoms with Gasteiger partial charge in [0.05, 0.1) is 13.5 Å². The van der Waals surface area contributed by atoms with E-state index in [0.29, 0.717) is 6.42 Å². The highest BCUT2D eigenvalue weighted by molar-refractivity contribution is 7.98. The van der Waals surface area contributed by atoms with Gasteiger partial charge in [-0.1, -0.05) is 6.92 Å². The lowest BCUT2D eigenvalue weighted by Gasteiger charge is -1.99. The zero-order valence-electron chi connectivity index (χ0n) is 10.2. The van der Waals surface area contributed by atoms with Crippen LogP contribution in [0.25, 0.3) is 0 Å². The van der Waals surface area contributed by atoms with Crippen molar-refractivity contribution in [2.24, 2.45) is 0 Å². The minimum absolute atomic E-state index is 0.146. The largest absolute Gasteiger partial charge is 0.469 e. The van der Waals surface area contributed by atoms with Gasteiger partial charge in [0.1, 0.15) is 0 Å². The van der Waals surface area contributed by atoms with Crippen molar-refractivity contribution < 1.29 is 9.53 Å². The normalized spacial score (nSPS) is 10.2. The number of aromatic nitrogens is 1. The fourth-order valence-corrected chi connectivity index (χ4v) is 2.97. The molecule has 0 aromatic carbocycles. The molecule has 0 radical (unpaired) electrons. The molecule has 0 spiro atoms. The molecule has 96 valence electrons. The maximum Gasteiger partial charge on any atom is 0.306 e. The van der Waals surface area contributed by atoms with E-state index in [1.807, 2.05) is 6.20 Å². The van der Waals surface area contributed by atoms with Gasteiger partial charge in [0.15, 0.2) is 5.13 Å². The molecule has 0 aliphatic carbocycles. The average molecular weight is 274 g/mol. The van der Waals surface area contributed by atoms with E-state index in [0.717, 1.165) is 29.6 Å². The van der Waals surface area contributed by atoms with E-state index in [9.17, 15) is 4.79 Å². The Bertz CT molecular complexity index is 342. The van der Waals surface area contributed by atoms with E-state index in [2.05, 4.69) is 22.0 Å². The summed E-state index contributed by atoms with van der Waals surface area (Å²) in [4.78, 5) is 16.4. The number of nitrogens with zero attached hydrogens (tertiary/aromatic N) is 1. The van der Waals surface area contributed by atoms with Gasteiger partial charge in [-0.05, 0) is 6.42 Å². The summed E-state index contributed by atoms with van der Waals surface area (Å²) in [6.07, 6.45) is 3.47. The summed E-state index contributed by atoms with van der Waals surface area (Å²) >= 11 is 3.41. The Morgan fingerprint density at radius 1 is 1.65 bits per heavy atom. The van der Waals surface area contributed by atoms with E-state index < -0.39 is 0 Å². The fourth-order valence-electron chi connectivity index (χ4n) is 1.12. The van der Waals surface area contributed by atoms with Gasteiger partial charge < -0.3 is 10.1 Å². The number of thiazole rings is 1. The number of carbonyl (C=O) groups excluding carboxylic acids is 1. The molecule has 1 aromatic rings. The predicted octanol–water partition coefficient (Wildman–Crippen LogP) is 2.76. The lowest BCUT2D eigenvalue weighted by molar-refractivity contribution is -0.140. The van der Waals surface area contributed by atoms with Crippen LogP contribution < -0.4 is 5.32 Å². The number of hydrogen-bond donors (Lipinski definition) is 1. The number of esters is 1. The Labute approximate surface area is 110 Å². The number of nitrogens with one attached hydrogen (secondary N) is 1. The standard InChI is InChI=1S/C11H18N2O2S2/c1-3-5-12-11-13-7-9(17-11)8-16-6-4-10(14)15-2/h7H,3-6,8H2,1-2H3,(H,12,13). The highest BCUT2D eigenvalue weighted by Crippen LogP contribution is 2.22. The molecular formula is C11H18N2O2S2. The summed E-state index contributed by atoms with van der Waals surface area (Å²) in [7, 11) is 1.42. The summed E-state index contributed by atoms with van der Waals surface area (Å²) in [5.41, 5.74) is 0. The molecule has 0 aliphatic rings. The highest BCUT2D eigenvalue weighted by Gasteiger charge is 2.03. The maximum atomic E-state index is 10.9. The fraction of sp³-hybridized carbons (Fsp3) is 0.636. The Morgan fingerprint density at radius 3 is 3.18 bits per heavy atom. The van der Waals surface area contributed by atoms with Crippen molar-refractivity contribution in [2.75, 3.05) is 24.7 Å². The summed E-state index contributed by atoms with van der Waals surface area (Å²) in [6, 6.07) is 0. The van der Waals surface area contributed by atoms with Crippen LogP contribution >= 0.6 is 23.1 Å². The van der Waals surface area contributed by atoms with Crippen molar-refractivity contribution >= 4 is 34.2 Å². The lowest BCUT2D eigenvalue weighted by Crippen LogP contribution is -2.00. The molecule has 17 heavy (non-hydrogen) atoms. The van der Waals surface area contributed by atoms with Crippen molar-refractivity contribution in [3.63, 3.8) is 0 Å². The van der Waals surface area contributed by atoms with E-state index >= 15 is 0 Å². The van der Waals surface area contributed by atoms with Crippen LogP contribution in [-0.4, -0.2) is 30.4 Å². The van der Waals surface area contributed by atoms with Crippen LogP contribution in [0.15, 0.2) is 6.20 Å². The third-order valence-corrected chi connectivity index (χ3v) is 4.15. The minimum atomic E-state index is -0.146. The topological polar surface area (TPSA) is 51.2 Å². The van der Waals surface area contributed by atoms with E-state index in [1.165, 1.54) is 12.0 Å². The summed E-state index contributed by atoms with van der Waals surface area (Å²) in [5, 5.41) is 4.24. The number of ether oxygens (including phenoxy) is 1. The number of rotatable bonds is 8. The SMILES string of the molecule is CCCNc1ncc(CSCCC(=O)OC)s1. The third kappa shape index (κ3) is 5.93. The zero-order chi connectivity index (χ0) is 12.5. The number of methoxy groups -OCH3 is 1. The maximum absolute atomic E-state index is 10.9. The molecule has 1 aromatic heterocycles. The van der Waals surface area contributed by atoms with Gasteiger partial charge >= 0.3 is 5.97 Å². The average Bonchev–Trinajstić information content (AvgIpc) is 2.79. The van der Waals surface area contributed by atoms with Gasteiger partial charge in [-0.3, -0.25) is 4.79 Å². The van der Waals surface area contributed by atoms with Gasteiger partial charge in [0, 0.05) is 29.1 Å². The van der Waals surface area contributed by atoms with Crippen LogP contribution in [0.3, 0.4) is 0 Å². The molecule has 0 unspecified atom stereocenters. The van der Waals surface area contributed by atoms with Gasteiger partial charge in [-0.2, -0.15) is 11.8 Å². The Kier molecular flexibility index (Phi) is 7.04. The summed E-state index contributed by atoms with van der Waals surface area (Å²) < 4.78 is 4.58. The van der Waals surface area contributed by atoms with Crippen molar-refractivity contribution in [1.82, 2.24) is 4.98 Å². The van der Waals surface area contributed by atoms with E-state index in [-0.39, 0.29) is 5.97 Å². The van der Waals surface area contributed by atoms with E-state index in [4.69, 9.17) is 0 Å². The van der Waals surface area contributed by atoms with Crippen molar-refractivity contribution in [2.45, 2.75) is 25.5 Å². The quantitative estimate of drug-likeness (QED) is 0.583. The Hall–Kier alpha value is -0.750. The van der Waals surface area contributed by atoms with Gasteiger partial charge in [-0.15, -0.1) is 11.3 Å². The van der Waals surface area contributed by atoms with Crippen molar-refractivity contribution in [3.05, 3.63) is 11.1 Å². The molecule has 0 fully saturated rings. The van der Waals surface area contributed by atoms with Crippen LogP contribution in [-0.2, 0) is 15.3 Å². The Morgan fingerprint density at radius 2 is 2.47 bits per heavy atom. The van der Waals surface area contributed by atoms with Gasteiger partial charge in [0.2, 0.25) is 0 Å². The Balaban J connectivity index is 2.18. The number of thioether (sulfide) groups is 1. The molecule has 0 saturated carbocycles. The second kappa shape index (κ2) is 8.36. The molecule has 0 atom stereocenters. The predicted molar refractivity (Wildman–Crippen MR) is 73.7 cm³/mol. The lowest BCUT2D eigenvalue weighted by atomic mass is 10.5. The molecule has 0 saturated heterocycles. The third-order valence-electron chi connectivity index (χ3n) is 2.00. The summed E-state index contributed by atoms with van der Waals surface area (Å²) in [5.74, 6) is 1.55. The number of anilines is 1.